The molecule has 2 aromatic carbocycles. The van der Waals surface area contributed by atoms with E-state index in [1.54, 1.807) is 48.4 Å². The van der Waals surface area contributed by atoms with Gasteiger partial charge in [-0.3, -0.25) is 14.4 Å². The molecule has 1 saturated heterocycles. The fraction of sp³-hybridized carbons (Fsp3) is 0.286. The molecule has 0 unspecified atom stereocenters. The lowest BCUT2D eigenvalue weighted by Gasteiger charge is -2.17. The Morgan fingerprint density at radius 2 is 1.83 bits per heavy atom. The Kier molecular flexibility index (Phi) is 6.33. The molecule has 1 heterocycles. The summed E-state index contributed by atoms with van der Waals surface area (Å²) in [6.45, 7) is 1.02. The monoisotopic (exact) mass is 397 g/mol. The quantitative estimate of drug-likeness (QED) is 0.704. The van der Waals surface area contributed by atoms with Gasteiger partial charge in [0.25, 0.3) is 0 Å². The molecule has 1 aliphatic heterocycles. The first-order valence-electron chi connectivity index (χ1n) is 9.22. The molecule has 3 amide bonds. The molecule has 1 fully saturated rings. The van der Waals surface area contributed by atoms with Crippen molar-refractivity contribution in [1.82, 2.24) is 4.90 Å². The van der Waals surface area contributed by atoms with Crippen molar-refractivity contribution in [3.63, 3.8) is 0 Å². The van der Waals surface area contributed by atoms with Gasteiger partial charge in [0.05, 0.1) is 19.6 Å². The molecule has 0 bridgehead atoms. The third-order valence-corrected chi connectivity index (χ3v) is 4.71. The summed E-state index contributed by atoms with van der Waals surface area (Å²) in [6, 6.07) is 13.6. The first-order valence-corrected chi connectivity index (χ1v) is 9.22. The summed E-state index contributed by atoms with van der Waals surface area (Å²) in [5.41, 5.74) is 6.11. The number of hydrogen-bond acceptors (Lipinski definition) is 5. The zero-order valence-electron chi connectivity index (χ0n) is 16.1. The van der Waals surface area contributed by atoms with E-state index >= 15 is 0 Å². The lowest BCUT2D eigenvalue weighted by Crippen LogP contribution is -2.31. The highest BCUT2D eigenvalue weighted by Crippen LogP contribution is 2.26. The number of carbonyl (C=O) groups is 3. The zero-order chi connectivity index (χ0) is 20.8. The number of para-hydroxylation sites is 2. The normalized spacial score (nSPS) is 15.8. The van der Waals surface area contributed by atoms with Gasteiger partial charge in [0.2, 0.25) is 17.7 Å². The highest BCUT2D eigenvalue weighted by molar-refractivity contribution is 5.98. The molecule has 2 aromatic rings. The fourth-order valence-electron chi connectivity index (χ4n) is 3.13. The molecule has 152 valence electrons. The maximum Gasteiger partial charge on any atom is 0.248 e. The Bertz CT molecular complexity index is 897. The van der Waals surface area contributed by atoms with Gasteiger partial charge in [-0.25, -0.2) is 0 Å². The first-order chi connectivity index (χ1) is 14.0. The lowest BCUT2D eigenvalue weighted by atomic mass is 10.1. The number of anilines is 1. The van der Waals surface area contributed by atoms with Crippen LogP contribution in [0.15, 0.2) is 48.5 Å². The molecule has 1 aliphatic rings. The second kappa shape index (κ2) is 9.09. The van der Waals surface area contributed by atoms with Gasteiger partial charge in [-0.2, -0.15) is 0 Å². The van der Waals surface area contributed by atoms with Gasteiger partial charge < -0.3 is 25.4 Å². The molecule has 0 aromatic heterocycles. The second-order valence-electron chi connectivity index (χ2n) is 6.67. The third-order valence-electron chi connectivity index (χ3n) is 4.71. The Balaban J connectivity index is 1.50. The van der Waals surface area contributed by atoms with Gasteiger partial charge in [-0.1, -0.05) is 12.1 Å². The van der Waals surface area contributed by atoms with E-state index in [-0.39, 0.29) is 18.2 Å². The van der Waals surface area contributed by atoms with Crippen LogP contribution in [0.1, 0.15) is 16.8 Å². The Labute approximate surface area is 168 Å². The van der Waals surface area contributed by atoms with E-state index in [0.717, 1.165) is 0 Å². The smallest absolute Gasteiger partial charge is 0.248 e. The van der Waals surface area contributed by atoms with Gasteiger partial charge in [0, 0.05) is 24.2 Å². The predicted molar refractivity (Wildman–Crippen MR) is 107 cm³/mol. The number of rotatable bonds is 8. The minimum Gasteiger partial charge on any atom is -0.493 e. The molecule has 0 spiro atoms. The van der Waals surface area contributed by atoms with Crippen LogP contribution >= 0.6 is 0 Å². The van der Waals surface area contributed by atoms with Gasteiger partial charge in [-0.05, 0) is 36.4 Å². The van der Waals surface area contributed by atoms with Crippen LogP contribution in [0.5, 0.6) is 11.5 Å². The van der Waals surface area contributed by atoms with Crippen molar-refractivity contribution in [1.29, 1.82) is 0 Å². The molecule has 3 N–H and O–H groups in total. The Morgan fingerprint density at radius 1 is 1.14 bits per heavy atom. The maximum absolute atomic E-state index is 12.5. The van der Waals surface area contributed by atoms with Crippen LogP contribution in [-0.2, 0) is 9.59 Å². The number of ether oxygens (including phenoxy) is 2. The number of benzene rings is 2. The number of amides is 3. The number of likely N-dealkylation sites (tertiary alicyclic amines) is 1. The number of nitrogens with one attached hydrogen (secondary N) is 1. The molecule has 3 rings (SSSR count). The van der Waals surface area contributed by atoms with Gasteiger partial charge >= 0.3 is 0 Å². The van der Waals surface area contributed by atoms with Crippen LogP contribution in [0.2, 0.25) is 0 Å². The molecule has 0 aliphatic carbocycles. The highest BCUT2D eigenvalue weighted by Gasteiger charge is 2.34. The van der Waals surface area contributed by atoms with Gasteiger partial charge in [-0.15, -0.1) is 0 Å². The first kappa shape index (κ1) is 20.2. The Morgan fingerprint density at radius 3 is 2.48 bits per heavy atom. The number of methoxy groups -OCH3 is 1. The minimum absolute atomic E-state index is 0.0853. The SMILES string of the molecule is COc1ccccc1OCCN1C[C@@H](C(=O)Nc2ccc(C(N)=O)cc2)CC1=O. The van der Waals surface area contributed by atoms with E-state index < -0.39 is 11.8 Å². The molecular formula is C21H23N3O5. The van der Waals surface area contributed by atoms with Crippen molar-refractivity contribution in [2.24, 2.45) is 11.7 Å². The average Bonchev–Trinajstić information content (AvgIpc) is 3.09. The fourth-order valence-corrected chi connectivity index (χ4v) is 3.13. The van der Waals surface area contributed by atoms with Crippen molar-refractivity contribution in [2.75, 3.05) is 32.1 Å². The molecule has 0 radical (unpaired) electrons. The maximum atomic E-state index is 12.5. The topological polar surface area (TPSA) is 111 Å². The van der Waals surface area contributed by atoms with E-state index in [1.165, 1.54) is 0 Å². The van der Waals surface area contributed by atoms with Crippen LogP contribution in [0, 0.1) is 5.92 Å². The zero-order valence-corrected chi connectivity index (χ0v) is 16.1. The van der Waals surface area contributed by atoms with Crippen molar-refractivity contribution in [2.45, 2.75) is 6.42 Å². The summed E-state index contributed by atoms with van der Waals surface area (Å²) in [7, 11) is 1.57. The summed E-state index contributed by atoms with van der Waals surface area (Å²) in [6.07, 6.45) is 0.153. The predicted octanol–water partition coefficient (Wildman–Crippen LogP) is 1.66. The number of primary amides is 1. The summed E-state index contributed by atoms with van der Waals surface area (Å²) in [5, 5.41) is 2.77. The molecule has 8 nitrogen and oxygen atoms in total. The summed E-state index contributed by atoms with van der Waals surface area (Å²) in [4.78, 5) is 37.4. The van der Waals surface area contributed by atoms with Crippen LogP contribution in [0.4, 0.5) is 5.69 Å². The molecule has 8 heteroatoms. The van der Waals surface area contributed by atoms with Gasteiger partial charge in [0.15, 0.2) is 11.5 Å². The van der Waals surface area contributed by atoms with Crippen LogP contribution in [0.3, 0.4) is 0 Å². The number of nitrogens with zero attached hydrogens (tertiary/aromatic N) is 1. The van der Waals surface area contributed by atoms with E-state index in [9.17, 15) is 14.4 Å². The molecule has 1 atom stereocenters. The summed E-state index contributed by atoms with van der Waals surface area (Å²) < 4.78 is 10.9. The van der Waals surface area contributed by atoms with Crippen molar-refractivity contribution >= 4 is 23.4 Å². The number of carbonyl (C=O) groups excluding carboxylic acids is 3. The average molecular weight is 397 g/mol. The van der Waals surface area contributed by atoms with E-state index in [4.69, 9.17) is 15.2 Å². The minimum atomic E-state index is -0.532. The molecule has 0 saturated carbocycles. The van der Waals surface area contributed by atoms with Crippen molar-refractivity contribution in [3.8, 4) is 11.5 Å². The van der Waals surface area contributed by atoms with Crippen molar-refractivity contribution < 1.29 is 23.9 Å². The van der Waals surface area contributed by atoms with Crippen LogP contribution < -0.4 is 20.5 Å². The van der Waals surface area contributed by atoms with Crippen LogP contribution in [-0.4, -0.2) is 49.4 Å². The van der Waals surface area contributed by atoms with Crippen LogP contribution in [0.25, 0.3) is 0 Å². The van der Waals surface area contributed by atoms with Crippen molar-refractivity contribution in [3.05, 3.63) is 54.1 Å². The van der Waals surface area contributed by atoms with Gasteiger partial charge in [0.1, 0.15) is 6.61 Å². The van der Waals surface area contributed by atoms with E-state index in [1.807, 2.05) is 12.1 Å². The lowest BCUT2D eigenvalue weighted by molar-refractivity contribution is -0.128. The second-order valence-corrected chi connectivity index (χ2v) is 6.67. The summed E-state index contributed by atoms with van der Waals surface area (Å²) in [5.74, 6) is -0.0637. The molecular weight excluding hydrogens is 374 g/mol. The largest absolute Gasteiger partial charge is 0.493 e. The number of hydrogen-bond donors (Lipinski definition) is 2. The Hall–Kier alpha value is -3.55. The summed E-state index contributed by atoms with van der Waals surface area (Å²) >= 11 is 0. The van der Waals surface area contributed by atoms with E-state index in [0.29, 0.717) is 42.4 Å². The standard InChI is InChI=1S/C21H23N3O5/c1-28-17-4-2-3-5-18(17)29-11-10-24-13-15(12-19(24)25)21(27)23-16-8-6-14(7-9-16)20(22)26/h2-9,15H,10-13H2,1H3,(H2,22,26)(H,23,27)/t15-/m0/s1. The van der Waals surface area contributed by atoms with E-state index in [2.05, 4.69) is 5.32 Å². The third kappa shape index (κ3) is 5.04. The number of nitrogens with two attached hydrogens (primary N) is 1. The highest BCUT2D eigenvalue weighted by atomic mass is 16.5. The molecule has 29 heavy (non-hydrogen) atoms.